The van der Waals surface area contributed by atoms with Gasteiger partial charge in [-0.2, -0.15) is 0 Å². The number of hydrogen-bond donors (Lipinski definition) is 2. The zero-order valence-electron chi connectivity index (χ0n) is 11.3. The van der Waals surface area contributed by atoms with Gasteiger partial charge in [0.1, 0.15) is 11.5 Å². The molecule has 22 heavy (non-hydrogen) atoms. The number of aromatic nitrogens is 3. The largest absolute Gasteiger partial charge is 0.476 e. The molecule has 0 bridgehead atoms. The Morgan fingerprint density at radius 2 is 1.91 bits per heavy atom. The molecule has 0 unspecified atom stereocenters. The predicted molar refractivity (Wildman–Crippen MR) is 78.1 cm³/mol. The van der Waals surface area contributed by atoms with E-state index < -0.39 is 11.8 Å². The highest BCUT2D eigenvalue weighted by Gasteiger charge is 2.21. The topological polar surface area (TPSA) is 94.0 Å². The first-order chi connectivity index (χ1) is 10.6. The molecule has 0 saturated carbocycles. The van der Waals surface area contributed by atoms with Crippen molar-refractivity contribution in [2.24, 2.45) is 0 Å². The minimum absolute atomic E-state index is 0.199. The quantitative estimate of drug-likeness (QED) is 0.724. The van der Waals surface area contributed by atoms with E-state index in [1.165, 1.54) is 28.9 Å². The smallest absolute Gasteiger partial charge is 0.358 e. The average Bonchev–Trinajstić information content (AvgIpc) is 2.93. The number of nitrogens with two attached hydrogens (primary N) is 1. The predicted octanol–water partition coefficient (Wildman–Crippen LogP) is 2.35. The van der Waals surface area contributed by atoms with Crippen molar-refractivity contribution in [3.63, 3.8) is 0 Å². The first-order valence-corrected chi connectivity index (χ1v) is 6.37. The first-order valence-electron chi connectivity index (χ1n) is 6.37. The summed E-state index contributed by atoms with van der Waals surface area (Å²) in [6.07, 6.45) is 0. The van der Waals surface area contributed by atoms with Gasteiger partial charge in [-0.25, -0.2) is 13.9 Å². The van der Waals surface area contributed by atoms with Gasteiger partial charge in [0, 0.05) is 11.3 Å². The van der Waals surface area contributed by atoms with E-state index in [0.29, 0.717) is 16.9 Å². The van der Waals surface area contributed by atoms with Crippen molar-refractivity contribution >= 4 is 11.7 Å². The van der Waals surface area contributed by atoms with Crippen LogP contribution in [0, 0.1) is 5.82 Å². The van der Waals surface area contributed by atoms with Gasteiger partial charge in [0.15, 0.2) is 5.69 Å². The van der Waals surface area contributed by atoms with Gasteiger partial charge < -0.3 is 10.8 Å². The van der Waals surface area contributed by atoms with E-state index >= 15 is 0 Å². The number of anilines is 1. The first kappa shape index (κ1) is 13.7. The van der Waals surface area contributed by atoms with E-state index in [2.05, 4.69) is 10.3 Å². The van der Waals surface area contributed by atoms with Gasteiger partial charge in [-0.1, -0.05) is 17.3 Å². The Morgan fingerprint density at radius 1 is 1.18 bits per heavy atom. The number of carbonyl (C=O) groups is 1. The Morgan fingerprint density at radius 3 is 2.55 bits per heavy atom. The summed E-state index contributed by atoms with van der Waals surface area (Å²) in [6.45, 7) is 0. The Bertz CT molecular complexity index is 843. The molecular formula is C15H11FN4O2. The zero-order chi connectivity index (χ0) is 15.7. The molecule has 3 N–H and O–H groups in total. The molecule has 0 atom stereocenters. The van der Waals surface area contributed by atoms with Crippen molar-refractivity contribution in [1.82, 2.24) is 15.0 Å². The monoisotopic (exact) mass is 298 g/mol. The summed E-state index contributed by atoms with van der Waals surface area (Å²) in [7, 11) is 0. The van der Waals surface area contributed by atoms with E-state index in [1.54, 1.807) is 24.3 Å². The second-order valence-corrected chi connectivity index (χ2v) is 4.61. The van der Waals surface area contributed by atoms with Gasteiger partial charge >= 0.3 is 5.97 Å². The lowest BCUT2D eigenvalue weighted by Crippen LogP contribution is -2.03. The molecular weight excluding hydrogens is 287 g/mol. The van der Waals surface area contributed by atoms with Crippen molar-refractivity contribution in [2.45, 2.75) is 0 Å². The standard InChI is InChI=1S/C15H11FN4O2/c16-10-4-6-12(7-5-10)20-14(13(15(21)22)18-19-20)9-2-1-3-11(17)8-9/h1-8H,17H2,(H,21,22). The molecule has 0 radical (unpaired) electrons. The Hall–Kier alpha value is -3.22. The fourth-order valence-electron chi connectivity index (χ4n) is 2.13. The third kappa shape index (κ3) is 2.39. The van der Waals surface area contributed by atoms with Crippen molar-refractivity contribution in [3.8, 4) is 16.9 Å². The van der Waals surface area contributed by atoms with Gasteiger partial charge in [-0.3, -0.25) is 0 Å². The summed E-state index contributed by atoms with van der Waals surface area (Å²) in [4.78, 5) is 11.4. The number of nitrogen functional groups attached to an aromatic ring is 1. The summed E-state index contributed by atoms with van der Waals surface area (Å²) in [6, 6.07) is 12.2. The van der Waals surface area contributed by atoms with Crippen LogP contribution in [0.3, 0.4) is 0 Å². The lowest BCUT2D eigenvalue weighted by molar-refractivity contribution is 0.0691. The molecule has 3 aromatic rings. The third-order valence-electron chi connectivity index (χ3n) is 3.10. The Balaban J connectivity index is 2.24. The molecule has 1 heterocycles. The number of carboxylic acids is 1. The van der Waals surface area contributed by atoms with Gasteiger partial charge in [0.25, 0.3) is 0 Å². The van der Waals surface area contributed by atoms with Crippen LogP contribution in [-0.4, -0.2) is 26.1 Å². The molecule has 0 aliphatic rings. The molecule has 1 aromatic heterocycles. The van der Waals surface area contributed by atoms with Crippen LogP contribution in [0.15, 0.2) is 48.5 Å². The number of halogens is 1. The summed E-state index contributed by atoms with van der Waals surface area (Å²) in [5, 5.41) is 16.9. The number of carboxylic acid groups (broad SMARTS) is 1. The maximum Gasteiger partial charge on any atom is 0.358 e. The minimum atomic E-state index is -1.20. The molecule has 110 valence electrons. The van der Waals surface area contributed by atoms with Crippen LogP contribution in [0.25, 0.3) is 16.9 Å². The Kier molecular flexibility index (Phi) is 3.30. The number of aromatic carboxylic acids is 1. The number of benzene rings is 2. The summed E-state index contributed by atoms with van der Waals surface area (Å²) >= 11 is 0. The van der Waals surface area contributed by atoms with Crippen LogP contribution in [-0.2, 0) is 0 Å². The van der Waals surface area contributed by atoms with Crippen molar-refractivity contribution in [2.75, 3.05) is 5.73 Å². The summed E-state index contributed by atoms with van der Waals surface area (Å²) in [5.74, 6) is -1.60. The van der Waals surface area contributed by atoms with Crippen LogP contribution in [0.4, 0.5) is 10.1 Å². The second-order valence-electron chi connectivity index (χ2n) is 4.61. The number of rotatable bonds is 3. The van der Waals surface area contributed by atoms with Crippen molar-refractivity contribution < 1.29 is 14.3 Å². The van der Waals surface area contributed by atoms with Crippen molar-refractivity contribution in [1.29, 1.82) is 0 Å². The SMILES string of the molecule is Nc1cccc(-c2c(C(=O)O)nnn2-c2ccc(F)cc2)c1. The molecule has 6 nitrogen and oxygen atoms in total. The van der Waals surface area contributed by atoms with Gasteiger partial charge in [0.05, 0.1) is 5.69 Å². The highest BCUT2D eigenvalue weighted by Crippen LogP contribution is 2.26. The molecule has 3 rings (SSSR count). The van der Waals surface area contributed by atoms with E-state index in [0.717, 1.165) is 0 Å². The minimum Gasteiger partial charge on any atom is -0.476 e. The highest BCUT2D eigenvalue weighted by molar-refractivity contribution is 5.93. The zero-order valence-corrected chi connectivity index (χ0v) is 11.3. The normalized spacial score (nSPS) is 10.6. The maximum absolute atomic E-state index is 13.1. The molecule has 0 aliphatic heterocycles. The molecule has 2 aromatic carbocycles. The fourth-order valence-corrected chi connectivity index (χ4v) is 2.13. The lowest BCUT2D eigenvalue weighted by Gasteiger charge is -2.08. The van der Waals surface area contributed by atoms with Crippen LogP contribution >= 0.6 is 0 Å². The van der Waals surface area contributed by atoms with Crippen molar-refractivity contribution in [3.05, 3.63) is 60.0 Å². The van der Waals surface area contributed by atoms with Crippen LogP contribution in [0.2, 0.25) is 0 Å². The average molecular weight is 298 g/mol. The fraction of sp³-hybridized carbons (Fsp3) is 0. The number of hydrogen-bond acceptors (Lipinski definition) is 4. The van der Waals surface area contributed by atoms with E-state index in [9.17, 15) is 14.3 Å². The summed E-state index contributed by atoms with van der Waals surface area (Å²) < 4.78 is 14.4. The maximum atomic E-state index is 13.1. The molecule has 0 fully saturated rings. The second kappa shape index (κ2) is 5.28. The van der Waals surface area contributed by atoms with Crippen LogP contribution in [0.5, 0.6) is 0 Å². The van der Waals surface area contributed by atoms with Crippen LogP contribution < -0.4 is 5.73 Å². The number of nitrogens with zero attached hydrogens (tertiary/aromatic N) is 3. The molecule has 0 aliphatic carbocycles. The lowest BCUT2D eigenvalue weighted by atomic mass is 10.1. The van der Waals surface area contributed by atoms with E-state index in [1.807, 2.05) is 0 Å². The van der Waals surface area contributed by atoms with Gasteiger partial charge in [-0.05, 0) is 36.4 Å². The highest BCUT2D eigenvalue weighted by atomic mass is 19.1. The molecule has 0 saturated heterocycles. The Labute approximate surface area is 124 Å². The molecule has 7 heteroatoms. The summed E-state index contributed by atoms with van der Waals surface area (Å²) in [5.41, 5.74) is 7.38. The third-order valence-corrected chi connectivity index (χ3v) is 3.10. The van der Waals surface area contributed by atoms with Gasteiger partial charge in [-0.15, -0.1) is 5.10 Å². The molecule has 0 spiro atoms. The van der Waals surface area contributed by atoms with E-state index in [4.69, 9.17) is 5.73 Å². The van der Waals surface area contributed by atoms with E-state index in [-0.39, 0.29) is 11.4 Å². The van der Waals surface area contributed by atoms with Crippen LogP contribution in [0.1, 0.15) is 10.5 Å². The molecule has 0 amide bonds. The van der Waals surface area contributed by atoms with Gasteiger partial charge in [0.2, 0.25) is 0 Å².